The van der Waals surface area contributed by atoms with E-state index in [0.29, 0.717) is 24.6 Å². The minimum Gasteiger partial charge on any atom is -0.491 e. The number of benzene rings is 3. The molecule has 3 nitrogen and oxygen atoms in total. The lowest BCUT2D eigenvalue weighted by Crippen LogP contribution is -2.09. The molecule has 152 valence electrons. The van der Waals surface area contributed by atoms with Crippen molar-refractivity contribution < 1.29 is 9.53 Å². The van der Waals surface area contributed by atoms with Crippen molar-refractivity contribution in [2.45, 2.75) is 33.2 Å². The van der Waals surface area contributed by atoms with Crippen LogP contribution in [0.1, 0.15) is 46.8 Å². The van der Waals surface area contributed by atoms with Gasteiger partial charge in [0.1, 0.15) is 12.4 Å². The van der Waals surface area contributed by atoms with E-state index in [4.69, 9.17) is 4.74 Å². The number of nitrogens with zero attached hydrogens (tertiary/aromatic N) is 1. The van der Waals surface area contributed by atoms with Crippen molar-refractivity contribution in [2.24, 2.45) is 0 Å². The summed E-state index contributed by atoms with van der Waals surface area (Å²) in [5.74, 6) is 1.40. The van der Waals surface area contributed by atoms with Crippen LogP contribution in [0.25, 0.3) is 10.9 Å². The highest BCUT2D eigenvalue weighted by Gasteiger charge is 2.16. The molecule has 1 heterocycles. The maximum Gasteiger partial charge on any atom is 0.195 e. The van der Waals surface area contributed by atoms with Gasteiger partial charge in [0, 0.05) is 28.2 Å². The van der Waals surface area contributed by atoms with Crippen molar-refractivity contribution in [2.75, 3.05) is 6.61 Å². The molecule has 0 radical (unpaired) electrons. The second-order valence-corrected chi connectivity index (χ2v) is 7.99. The summed E-state index contributed by atoms with van der Waals surface area (Å²) in [5, 5.41) is 0.977. The smallest absolute Gasteiger partial charge is 0.195 e. The summed E-state index contributed by atoms with van der Waals surface area (Å²) in [6.07, 6.45) is 1.96. The molecule has 0 bridgehead atoms. The van der Waals surface area contributed by atoms with Gasteiger partial charge >= 0.3 is 0 Å². The fourth-order valence-corrected chi connectivity index (χ4v) is 3.86. The molecule has 0 aliphatic carbocycles. The monoisotopic (exact) mass is 397 g/mol. The van der Waals surface area contributed by atoms with Crippen molar-refractivity contribution in [3.05, 3.63) is 101 Å². The minimum atomic E-state index is 0.0484. The molecule has 0 spiro atoms. The van der Waals surface area contributed by atoms with Crippen LogP contribution < -0.4 is 4.74 Å². The highest BCUT2D eigenvalue weighted by atomic mass is 16.5. The first-order valence-corrected chi connectivity index (χ1v) is 10.5. The highest BCUT2D eigenvalue weighted by Crippen LogP contribution is 2.28. The molecule has 0 N–H and O–H groups in total. The van der Waals surface area contributed by atoms with Crippen molar-refractivity contribution in [3.8, 4) is 5.75 Å². The van der Waals surface area contributed by atoms with Crippen LogP contribution in [0, 0.1) is 6.92 Å². The summed E-state index contributed by atoms with van der Waals surface area (Å²) in [6.45, 7) is 7.66. The zero-order chi connectivity index (χ0) is 21.1. The first-order valence-electron chi connectivity index (χ1n) is 10.5. The summed E-state index contributed by atoms with van der Waals surface area (Å²) >= 11 is 0. The maximum absolute atomic E-state index is 13.1. The van der Waals surface area contributed by atoms with Crippen LogP contribution in [0.5, 0.6) is 5.75 Å². The lowest BCUT2D eigenvalue weighted by molar-refractivity contribution is 0.104. The van der Waals surface area contributed by atoms with Gasteiger partial charge in [0.25, 0.3) is 0 Å². The summed E-state index contributed by atoms with van der Waals surface area (Å²) in [4.78, 5) is 13.1. The number of rotatable bonds is 7. The third-order valence-corrected chi connectivity index (χ3v) is 5.45. The molecule has 0 saturated carbocycles. The van der Waals surface area contributed by atoms with E-state index in [1.165, 1.54) is 11.1 Å². The SMILES string of the molecule is Cc1ccc(C(C)C)c(OCCn2cc(C(=O)c3ccccc3)c3ccccc32)c1. The molecule has 0 aliphatic rings. The van der Waals surface area contributed by atoms with Crippen LogP contribution >= 0.6 is 0 Å². The van der Waals surface area contributed by atoms with Crippen LogP contribution in [0.3, 0.4) is 0 Å². The van der Waals surface area contributed by atoms with E-state index in [2.05, 4.69) is 49.6 Å². The third-order valence-electron chi connectivity index (χ3n) is 5.45. The van der Waals surface area contributed by atoms with Gasteiger partial charge in [0.15, 0.2) is 5.78 Å². The molecule has 0 fully saturated rings. The van der Waals surface area contributed by atoms with Gasteiger partial charge in [-0.2, -0.15) is 0 Å². The summed E-state index contributed by atoms with van der Waals surface area (Å²) in [5.41, 5.74) is 4.90. The lowest BCUT2D eigenvalue weighted by atomic mass is 10.0. The van der Waals surface area contributed by atoms with Gasteiger partial charge in [-0.25, -0.2) is 0 Å². The number of hydrogen-bond acceptors (Lipinski definition) is 2. The number of carbonyl (C=O) groups excluding carboxylic acids is 1. The molecule has 4 aromatic rings. The van der Waals surface area contributed by atoms with Crippen LogP contribution in [0.4, 0.5) is 0 Å². The van der Waals surface area contributed by atoms with E-state index in [1.807, 2.05) is 54.7 Å². The summed E-state index contributed by atoms with van der Waals surface area (Å²) < 4.78 is 8.30. The molecule has 0 atom stereocenters. The number of fused-ring (bicyclic) bond motifs is 1. The van der Waals surface area contributed by atoms with Crippen LogP contribution in [0.15, 0.2) is 79.0 Å². The molecular formula is C27H27NO2. The van der Waals surface area contributed by atoms with Gasteiger partial charge < -0.3 is 9.30 Å². The topological polar surface area (TPSA) is 31.2 Å². The van der Waals surface area contributed by atoms with E-state index in [9.17, 15) is 4.79 Å². The third kappa shape index (κ3) is 4.02. The Morgan fingerprint density at radius 1 is 0.967 bits per heavy atom. The molecule has 30 heavy (non-hydrogen) atoms. The fourth-order valence-electron chi connectivity index (χ4n) is 3.86. The zero-order valence-electron chi connectivity index (χ0n) is 17.8. The minimum absolute atomic E-state index is 0.0484. The second-order valence-electron chi connectivity index (χ2n) is 7.99. The number of hydrogen-bond donors (Lipinski definition) is 0. The van der Waals surface area contributed by atoms with Crippen molar-refractivity contribution in [1.82, 2.24) is 4.57 Å². The zero-order valence-corrected chi connectivity index (χ0v) is 17.8. The highest BCUT2D eigenvalue weighted by molar-refractivity contribution is 6.16. The Morgan fingerprint density at radius 3 is 2.47 bits per heavy atom. The molecule has 0 aliphatic heterocycles. The maximum atomic E-state index is 13.1. The molecular weight excluding hydrogens is 370 g/mol. The molecule has 0 unspecified atom stereocenters. The Labute approximate surface area is 177 Å². The summed E-state index contributed by atoms with van der Waals surface area (Å²) in [7, 11) is 0. The predicted molar refractivity (Wildman–Crippen MR) is 123 cm³/mol. The number of aryl methyl sites for hydroxylation is 1. The standard InChI is InChI=1S/C27H27NO2/c1-19(2)22-14-13-20(3)17-26(22)30-16-15-28-18-24(23-11-7-8-12-25(23)28)27(29)21-9-5-4-6-10-21/h4-14,17-19H,15-16H2,1-3H3. The van der Waals surface area contributed by atoms with E-state index in [0.717, 1.165) is 22.2 Å². The number of ether oxygens (including phenoxy) is 1. The van der Waals surface area contributed by atoms with E-state index < -0.39 is 0 Å². The van der Waals surface area contributed by atoms with E-state index in [-0.39, 0.29) is 5.78 Å². The molecule has 0 saturated heterocycles. The predicted octanol–water partition coefficient (Wildman–Crippen LogP) is 6.38. The van der Waals surface area contributed by atoms with Crippen LogP contribution in [0.2, 0.25) is 0 Å². The largest absolute Gasteiger partial charge is 0.491 e. The molecule has 0 amide bonds. The van der Waals surface area contributed by atoms with E-state index >= 15 is 0 Å². The Bertz CT molecular complexity index is 1170. The van der Waals surface area contributed by atoms with Crippen molar-refractivity contribution >= 4 is 16.7 Å². The first kappa shape index (κ1) is 20.0. The van der Waals surface area contributed by atoms with E-state index in [1.54, 1.807) is 0 Å². The number of carbonyl (C=O) groups is 1. The van der Waals surface area contributed by atoms with Gasteiger partial charge in [0.05, 0.1) is 6.54 Å². The fraction of sp³-hybridized carbons (Fsp3) is 0.222. The first-order chi connectivity index (χ1) is 14.5. The number of ketones is 1. The second kappa shape index (κ2) is 8.58. The molecule has 3 aromatic carbocycles. The van der Waals surface area contributed by atoms with Gasteiger partial charge in [-0.15, -0.1) is 0 Å². The van der Waals surface area contributed by atoms with Crippen LogP contribution in [-0.4, -0.2) is 17.0 Å². The Balaban J connectivity index is 1.59. The Morgan fingerprint density at radius 2 is 1.70 bits per heavy atom. The molecule has 4 rings (SSSR count). The van der Waals surface area contributed by atoms with Gasteiger partial charge in [-0.3, -0.25) is 4.79 Å². The van der Waals surface area contributed by atoms with Gasteiger partial charge in [-0.05, 0) is 36.1 Å². The van der Waals surface area contributed by atoms with Gasteiger partial charge in [0.2, 0.25) is 0 Å². The summed E-state index contributed by atoms with van der Waals surface area (Å²) in [6, 6.07) is 23.9. The van der Waals surface area contributed by atoms with Crippen molar-refractivity contribution in [3.63, 3.8) is 0 Å². The van der Waals surface area contributed by atoms with Gasteiger partial charge in [-0.1, -0.05) is 74.5 Å². The quantitative estimate of drug-likeness (QED) is 0.339. The normalized spacial score (nSPS) is 11.2. The average Bonchev–Trinajstić information content (AvgIpc) is 3.12. The lowest BCUT2D eigenvalue weighted by Gasteiger charge is -2.15. The Hall–Kier alpha value is -3.33. The Kier molecular flexibility index (Phi) is 5.71. The number of para-hydroxylation sites is 1. The molecule has 3 heteroatoms. The van der Waals surface area contributed by atoms with Crippen LogP contribution in [-0.2, 0) is 6.54 Å². The molecule has 1 aromatic heterocycles. The average molecular weight is 398 g/mol. The van der Waals surface area contributed by atoms with Crippen molar-refractivity contribution in [1.29, 1.82) is 0 Å². The number of aromatic nitrogens is 1.